The molecule has 6 nitrogen and oxygen atoms in total. The number of aliphatic imine (C=N–C) groups is 1. The van der Waals surface area contributed by atoms with Gasteiger partial charge in [0.05, 0.1) is 5.57 Å². The van der Waals surface area contributed by atoms with E-state index in [1.54, 1.807) is 24.3 Å². The fourth-order valence-corrected chi connectivity index (χ4v) is 4.30. The highest BCUT2D eigenvalue weighted by Crippen LogP contribution is 2.31. The van der Waals surface area contributed by atoms with Gasteiger partial charge in [-0.2, -0.15) is 15.1 Å². The second-order valence-electron chi connectivity index (χ2n) is 6.71. The number of rotatable bonds is 3. The summed E-state index contributed by atoms with van der Waals surface area (Å²) in [7, 11) is 0. The summed E-state index contributed by atoms with van der Waals surface area (Å²) < 4.78 is 15.1. The predicted octanol–water partition coefficient (Wildman–Crippen LogP) is 4.94. The minimum absolute atomic E-state index is 0.0709. The molecule has 2 aliphatic heterocycles. The fraction of sp³-hybridized carbons (Fsp3) is 0. The van der Waals surface area contributed by atoms with Crippen LogP contribution in [0.25, 0.3) is 11.8 Å². The summed E-state index contributed by atoms with van der Waals surface area (Å²) >= 11 is 7.27. The normalized spacial score (nSPS) is 17.1. The standard InChI is InChI=1S/C22H13ClFN5OS/c23-14-3-1-4-16(11-14)28-10-2-5-17(28)12-18-19(25)29-22(26-20(18)30)31-21(27-29)13-6-8-15(24)9-7-13/h1-12,25H/b18-12-,25-19?. The summed E-state index contributed by atoms with van der Waals surface area (Å²) in [6.07, 6.45) is 3.46. The Morgan fingerprint density at radius 3 is 2.68 bits per heavy atom. The van der Waals surface area contributed by atoms with Gasteiger partial charge in [-0.15, -0.1) is 0 Å². The maximum Gasteiger partial charge on any atom is 0.283 e. The number of hydrogen-bond acceptors (Lipinski definition) is 4. The van der Waals surface area contributed by atoms with Crippen molar-refractivity contribution in [3.05, 3.63) is 94.5 Å². The molecule has 0 saturated carbocycles. The number of amides is 1. The molecule has 0 spiro atoms. The first-order valence-corrected chi connectivity index (χ1v) is 10.4. The third kappa shape index (κ3) is 3.60. The highest BCUT2D eigenvalue weighted by Gasteiger charge is 2.36. The molecule has 0 radical (unpaired) electrons. The van der Waals surface area contributed by atoms with Crippen molar-refractivity contribution in [3.8, 4) is 5.69 Å². The summed E-state index contributed by atoms with van der Waals surface area (Å²) in [5.41, 5.74) is 2.33. The van der Waals surface area contributed by atoms with Gasteiger partial charge in [-0.25, -0.2) is 4.39 Å². The lowest BCUT2D eigenvalue weighted by Gasteiger charge is -2.20. The Hall–Kier alpha value is -3.49. The number of nitrogens with zero attached hydrogens (tertiary/aromatic N) is 4. The minimum atomic E-state index is -0.516. The molecule has 1 N–H and O–H groups in total. The Kier molecular flexibility index (Phi) is 4.80. The second kappa shape index (κ2) is 7.64. The number of carbonyl (C=O) groups excluding carboxylic acids is 1. The summed E-state index contributed by atoms with van der Waals surface area (Å²) in [5, 5.41) is 15.7. The molecule has 0 fully saturated rings. The number of carbonyl (C=O) groups is 1. The Bertz CT molecular complexity index is 1330. The van der Waals surface area contributed by atoms with Crippen molar-refractivity contribution < 1.29 is 9.18 Å². The summed E-state index contributed by atoms with van der Waals surface area (Å²) in [6.45, 7) is 0. The maximum absolute atomic E-state index is 13.2. The number of halogens is 2. The van der Waals surface area contributed by atoms with E-state index in [2.05, 4.69) is 10.1 Å². The second-order valence-corrected chi connectivity index (χ2v) is 8.11. The monoisotopic (exact) mass is 449 g/mol. The van der Waals surface area contributed by atoms with E-state index >= 15 is 0 Å². The van der Waals surface area contributed by atoms with Gasteiger partial charge in [-0.05, 0) is 72.4 Å². The molecule has 2 aromatic carbocycles. The van der Waals surface area contributed by atoms with Crippen LogP contribution in [0.1, 0.15) is 11.3 Å². The number of hydrogen-bond donors (Lipinski definition) is 1. The van der Waals surface area contributed by atoms with Crippen molar-refractivity contribution in [1.82, 2.24) is 9.58 Å². The van der Waals surface area contributed by atoms with Crippen molar-refractivity contribution in [3.63, 3.8) is 0 Å². The highest BCUT2D eigenvalue weighted by atomic mass is 35.5. The Morgan fingerprint density at radius 2 is 1.90 bits per heavy atom. The molecule has 1 amide bonds. The van der Waals surface area contributed by atoms with Gasteiger partial charge in [0.1, 0.15) is 10.9 Å². The average Bonchev–Trinajstić information content (AvgIpc) is 3.39. The largest absolute Gasteiger partial charge is 0.317 e. The van der Waals surface area contributed by atoms with Crippen LogP contribution in [0.3, 0.4) is 0 Å². The molecular formula is C22H13ClFN5OS. The molecule has 31 heavy (non-hydrogen) atoms. The highest BCUT2D eigenvalue weighted by molar-refractivity contribution is 8.27. The van der Waals surface area contributed by atoms with Crippen LogP contribution in [0, 0.1) is 11.2 Å². The lowest BCUT2D eigenvalue weighted by atomic mass is 10.1. The lowest BCUT2D eigenvalue weighted by molar-refractivity contribution is -0.114. The van der Waals surface area contributed by atoms with E-state index < -0.39 is 5.91 Å². The van der Waals surface area contributed by atoms with Crippen LogP contribution in [0.4, 0.5) is 4.39 Å². The molecule has 0 atom stereocenters. The Balaban J connectivity index is 1.50. The first kappa shape index (κ1) is 19.5. The van der Waals surface area contributed by atoms with E-state index in [-0.39, 0.29) is 17.2 Å². The van der Waals surface area contributed by atoms with Crippen molar-refractivity contribution in [2.24, 2.45) is 10.1 Å². The zero-order valence-corrected chi connectivity index (χ0v) is 17.4. The van der Waals surface area contributed by atoms with E-state index in [9.17, 15) is 9.18 Å². The molecule has 0 bridgehead atoms. The predicted molar refractivity (Wildman–Crippen MR) is 121 cm³/mol. The van der Waals surface area contributed by atoms with Gasteiger partial charge in [0, 0.05) is 28.2 Å². The van der Waals surface area contributed by atoms with Gasteiger partial charge in [-0.1, -0.05) is 17.7 Å². The fourth-order valence-electron chi connectivity index (χ4n) is 3.22. The van der Waals surface area contributed by atoms with Crippen LogP contribution in [0.2, 0.25) is 5.02 Å². The third-order valence-electron chi connectivity index (χ3n) is 4.70. The van der Waals surface area contributed by atoms with Crippen molar-refractivity contribution in [2.75, 3.05) is 0 Å². The van der Waals surface area contributed by atoms with Crippen LogP contribution in [0.15, 0.2) is 82.5 Å². The van der Waals surface area contributed by atoms with E-state index in [4.69, 9.17) is 17.0 Å². The molecule has 0 unspecified atom stereocenters. The SMILES string of the molecule is N=C1/C(=C/c2cccn2-c2cccc(Cl)c2)C(=O)N=C2SC(c3ccc(F)cc3)=NN12. The number of thioether (sulfide) groups is 1. The van der Waals surface area contributed by atoms with Crippen molar-refractivity contribution in [1.29, 1.82) is 5.41 Å². The van der Waals surface area contributed by atoms with Crippen LogP contribution in [0.5, 0.6) is 0 Å². The number of amidine groups is 2. The number of fused-ring (bicyclic) bond motifs is 1. The van der Waals surface area contributed by atoms with E-state index in [1.807, 2.05) is 41.1 Å². The van der Waals surface area contributed by atoms with Crippen LogP contribution < -0.4 is 0 Å². The van der Waals surface area contributed by atoms with E-state index in [0.29, 0.717) is 26.5 Å². The molecule has 9 heteroatoms. The zero-order valence-electron chi connectivity index (χ0n) is 15.8. The van der Waals surface area contributed by atoms with Gasteiger partial charge < -0.3 is 4.57 Å². The number of benzene rings is 2. The van der Waals surface area contributed by atoms with Gasteiger partial charge in [-0.3, -0.25) is 10.2 Å². The van der Waals surface area contributed by atoms with E-state index in [0.717, 1.165) is 5.69 Å². The van der Waals surface area contributed by atoms with Gasteiger partial charge in [0.2, 0.25) is 5.17 Å². The summed E-state index contributed by atoms with van der Waals surface area (Å²) in [4.78, 5) is 16.8. The zero-order chi connectivity index (χ0) is 21.5. The summed E-state index contributed by atoms with van der Waals surface area (Å²) in [5.74, 6) is -0.935. The molecule has 3 heterocycles. The molecule has 0 saturated heterocycles. The van der Waals surface area contributed by atoms with Crippen LogP contribution in [-0.2, 0) is 4.79 Å². The molecule has 0 aliphatic carbocycles. The van der Waals surface area contributed by atoms with Crippen molar-refractivity contribution in [2.45, 2.75) is 0 Å². The van der Waals surface area contributed by atoms with E-state index in [1.165, 1.54) is 28.9 Å². The van der Waals surface area contributed by atoms with Gasteiger partial charge in [0.25, 0.3) is 5.91 Å². The average molecular weight is 450 g/mol. The molecule has 1 aromatic heterocycles. The smallest absolute Gasteiger partial charge is 0.283 e. The maximum atomic E-state index is 13.2. The van der Waals surface area contributed by atoms with Crippen LogP contribution >= 0.6 is 23.4 Å². The quantitative estimate of drug-likeness (QED) is 0.576. The number of hydrazone groups is 1. The molecule has 5 rings (SSSR count). The topological polar surface area (TPSA) is 73.8 Å². The lowest BCUT2D eigenvalue weighted by Crippen LogP contribution is -2.35. The third-order valence-corrected chi connectivity index (χ3v) is 5.90. The van der Waals surface area contributed by atoms with Crippen LogP contribution in [-0.4, -0.2) is 31.5 Å². The molecule has 2 aliphatic rings. The van der Waals surface area contributed by atoms with Gasteiger partial charge >= 0.3 is 0 Å². The van der Waals surface area contributed by atoms with Crippen molar-refractivity contribution >= 4 is 51.4 Å². The first-order chi connectivity index (χ1) is 15.0. The first-order valence-electron chi connectivity index (χ1n) is 9.19. The van der Waals surface area contributed by atoms with Gasteiger partial charge in [0.15, 0.2) is 5.84 Å². The number of aromatic nitrogens is 1. The molecule has 3 aromatic rings. The molecule has 152 valence electrons. The number of nitrogens with one attached hydrogen (secondary N) is 1. The summed E-state index contributed by atoms with van der Waals surface area (Å²) in [6, 6.07) is 16.9. The minimum Gasteiger partial charge on any atom is -0.317 e. The Labute approximate surface area is 185 Å². The molecular weight excluding hydrogens is 437 g/mol. The Morgan fingerprint density at radius 1 is 1.10 bits per heavy atom.